The highest BCUT2D eigenvalue weighted by atomic mass is 16.7. The van der Waals surface area contributed by atoms with Gasteiger partial charge in [-0.1, -0.05) is 69.3 Å². The van der Waals surface area contributed by atoms with Crippen molar-refractivity contribution in [2.24, 2.45) is 0 Å². The molecule has 1 heterocycles. The number of allylic oxidation sites excluding steroid dienone is 1. The molecule has 7 heteroatoms. The Morgan fingerprint density at radius 3 is 2.02 bits per heavy atom. The highest BCUT2D eigenvalue weighted by Gasteiger charge is 2.19. The van der Waals surface area contributed by atoms with Crippen LogP contribution in [-0.4, -0.2) is 55.1 Å². The largest absolute Gasteiger partial charge is 0.491 e. The fourth-order valence-electron chi connectivity index (χ4n) is 5.30. The smallest absolute Gasteiger partial charge is 0.343 e. The monoisotopic (exact) mass is 593 g/mol. The van der Waals surface area contributed by atoms with Crippen molar-refractivity contribution in [2.75, 3.05) is 33.0 Å². The van der Waals surface area contributed by atoms with Crippen molar-refractivity contribution in [3.63, 3.8) is 0 Å². The number of aliphatic hydroxyl groups is 1. The van der Waals surface area contributed by atoms with Gasteiger partial charge in [-0.05, 0) is 95.9 Å². The van der Waals surface area contributed by atoms with Crippen LogP contribution in [0.5, 0.6) is 23.0 Å². The number of likely N-dealkylation sites (N-methyl/N-ethyl adjacent to an activating group) is 1. The summed E-state index contributed by atoms with van der Waals surface area (Å²) in [5.41, 5.74) is 5.68. The first-order chi connectivity index (χ1) is 21.5. The Bertz CT molecular complexity index is 1560. The highest BCUT2D eigenvalue weighted by Crippen LogP contribution is 2.40. The average molecular weight is 594 g/mol. The van der Waals surface area contributed by atoms with Gasteiger partial charge in [-0.15, -0.1) is 0 Å². The third-order valence-electron chi connectivity index (χ3n) is 7.69. The van der Waals surface area contributed by atoms with E-state index < -0.39 is 12.1 Å². The first-order valence-electron chi connectivity index (χ1n) is 15.1. The molecule has 1 N–H and O–H groups in total. The van der Waals surface area contributed by atoms with E-state index in [9.17, 15) is 9.90 Å². The van der Waals surface area contributed by atoms with E-state index in [1.54, 1.807) is 12.1 Å². The van der Waals surface area contributed by atoms with Crippen molar-refractivity contribution in [1.29, 1.82) is 0 Å². The Morgan fingerprint density at radius 1 is 0.773 bits per heavy atom. The van der Waals surface area contributed by atoms with Crippen molar-refractivity contribution < 1.29 is 28.8 Å². The molecule has 0 saturated carbocycles. The number of benzene rings is 4. The lowest BCUT2D eigenvalue weighted by molar-refractivity contribution is 0.0716. The summed E-state index contributed by atoms with van der Waals surface area (Å²) >= 11 is 0. The van der Waals surface area contributed by atoms with E-state index in [1.165, 1.54) is 0 Å². The van der Waals surface area contributed by atoms with Crippen LogP contribution in [0.4, 0.5) is 0 Å². The minimum absolute atomic E-state index is 0.213. The summed E-state index contributed by atoms with van der Waals surface area (Å²) in [4.78, 5) is 14.8. The Morgan fingerprint density at radius 2 is 1.39 bits per heavy atom. The summed E-state index contributed by atoms with van der Waals surface area (Å²) in [5, 5.41) is 10.4. The number of esters is 1. The van der Waals surface area contributed by atoms with Gasteiger partial charge in [0.1, 0.15) is 24.2 Å². The standard InChI is InChI=1S/C37H39NO6/c1-4-33(29-16-21-34-35(22-29)43-25-42-34)36(26-12-17-31(18-13-26)41-24-30(39)23-38(5-2)6-3)27-14-19-32(20-15-27)44-37(40)28-10-8-7-9-11-28/h7-22,30,39H,4-6,23-25H2,1-3H3/b36-33+. The van der Waals surface area contributed by atoms with E-state index in [2.05, 4.69) is 31.7 Å². The quantitative estimate of drug-likeness (QED) is 0.101. The molecule has 4 aromatic rings. The van der Waals surface area contributed by atoms with Gasteiger partial charge in [0.2, 0.25) is 6.79 Å². The van der Waals surface area contributed by atoms with Gasteiger partial charge in [-0.3, -0.25) is 0 Å². The second-order valence-electron chi connectivity index (χ2n) is 10.5. The van der Waals surface area contributed by atoms with Crippen LogP contribution in [-0.2, 0) is 0 Å². The number of ether oxygens (including phenoxy) is 4. The number of nitrogens with zero attached hydrogens (tertiary/aromatic N) is 1. The van der Waals surface area contributed by atoms with E-state index in [0.29, 0.717) is 23.6 Å². The second kappa shape index (κ2) is 14.7. The fraction of sp³-hybridized carbons (Fsp3) is 0.270. The first kappa shape index (κ1) is 30.9. The van der Waals surface area contributed by atoms with Gasteiger partial charge in [0.25, 0.3) is 0 Å². The van der Waals surface area contributed by atoms with Crippen LogP contribution in [0.1, 0.15) is 54.2 Å². The van der Waals surface area contributed by atoms with Gasteiger partial charge in [-0.2, -0.15) is 0 Å². The van der Waals surface area contributed by atoms with Crippen molar-refractivity contribution >= 4 is 17.1 Å². The van der Waals surface area contributed by atoms with Gasteiger partial charge in [0.05, 0.1) is 5.56 Å². The van der Waals surface area contributed by atoms with Crippen LogP contribution in [0, 0.1) is 0 Å². The molecule has 1 aliphatic heterocycles. The molecule has 0 aromatic heterocycles. The number of carbonyl (C=O) groups excluding carboxylic acids is 1. The molecule has 1 atom stereocenters. The van der Waals surface area contributed by atoms with Crippen LogP contribution in [0.2, 0.25) is 0 Å². The third-order valence-corrected chi connectivity index (χ3v) is 7.69. The molecular weight excluding hydrogens is 554 g/mol. The predicted octanol–water partition coefficient (Wildman–Crippen LogP) is 7.09. The Labute approximate surface area is 259 Å². The Hall–Kier alpha value is -4.59. The zero-order valence-corrected chi connectivity index (χ0v) is 25.5. The highest BCUT2D eigenvalue weighted by molar-refractivity contribution is 5.99. The SMILES string of the molecule is CC/C(=C(/c1ccc(OCC(O)CN(CC)CC)cc1)c1ccc(OC(=O)c2ccccc2)cc1)c1ccc2c(c1)OCO2. The van der Waals surface area contributed by atoms with Gasteiger partial charge < -0.3 is 29.0 Å². The molecule has 1 unspecified atom stereocenters. The van der Waals surface area contributed by atoms with E-state index in [1.807, 2.05) is 78.9 Å². The maximum atomic E-state index is 12.6. The minimum Gasteiger partial charge on any atom is -0.491 e. The summed E-state index contributed by atoms with van der Waals surface area (Å²) in [7, 11) is 0. The Kier molecular flexibility index (Phi) is 10.3. The number of aliphatic hydroxyl groups excluding tert-OH is 1. The summed E-state index contributed by atoms with van der Waals surface area (Å²) < 4.78 is 22.8. The zero-order valence-electron chi connectivity index (χ0n) is 25.5. The first-order valence-corrected chi connectivity index (χ1v) is 15.1. The van der Waals surface area contributed by atoms with Gasteiger partial charge in [-0.25, -0.2) is 4.79 Å². The maximum Gasteiger partial charge on any atom is 0.343 e. The van der Waals surface area contributed by atoms with Crippen LogP contribution in [0.25, 0.3) is 11.1 Å². The number of rotatable bonds is 13. The van der Waals surface area contributed by atoms with Crippen LogP contribution in [0.15, 0.2) is 97.1 Å². The molecule has 0 saturated heterocycles. The zero-order chi connectivity index (χ0) is 30.9. The summed E-state index contributed by atoms with van der Waals surface area (Å²) in [5.74, 6) is 2.22. The molecule has 1 aliphatic rings. The lowest BCUT2D eigenvalue weighted by Gasteiger charge is -2.22. The molecule has 0 spiro atoms. The normalized spacial score (nSPS) is 13.4. The summed E-state index contributed by atoms with van der Waals surface area (Å²) in [6.07, 6.45) is 0.187. The number of fused-ring (bicyclic) bond motifs is 1. The van der Waals surface area contributed by atoms with Crippen molar-refractivity contribution in [3.05, 3.63) is 119 Å². The van der Waals surface area contributed by atoms with E-state index in [4.69, 9.17) is 18.9 Å². The molecule has 0 fully saturated rings. The summed E-state index contributed by atoms with van der Waals surface area (Å²) in [6.45, 7) is 9.08. The average Bonchev–Trinajstić information content (AvgIpc) is 3.54. The van der Waals surface area contributed by atoms with E-state index in [-0.39, 0.29) is 13.4 Å². The lowest BCUT2D eigenvalue weighted by atomic mass is 9.88. The van der Waals surface area contributed by atoms with Crippen LogP contribution >= 0.6 is 0 Å². The number of hydrogen-bond donors (Lipinski definition) is 1. The number of hydrogen-bond acceptors (Lipinski definition) is 7. The fourth-order valence-corrected chi connectivity index (χ4v) is 5.30. The van der Waals surface area contributed by atoms with Crippen LogP contribution < -0.4 is 18.9 Å². The molecule has 228 valence electrons. The molecule has 0 radical (unpaired) electrons. The van der Waals surface area contributed by atoms with Crippen molar-refractivity contribution in [1.82, 2.24) is 4.90 Å². The minimum atomic E-state index is -0.572. The molecule has 0 aliphatic carbocycles. The van der Waals surface area contributed by atoms with Gasteiger partial charge in [0.15, 0.2) is 11.5 Å². The molecule has 5 rings (SSSR count). The maximum absolute atomic E-state index is 12.6. The lowest BCUT2D eigenvalue weighted by Crippen LogP contribution is -2.35. The van der Waals surface area contributed by atoms with Crippen molar-refractivity contribution in [2.45, 2.75) is 33.3 Å². The Balaban J connectivity index is 1.43. The molecule has 4 aromatic carbocycles. The third kappa shape index (κ3) is 7.48. The topological polar surface area (TPSA) is 77.5 Å². The molecular formula is C37H39NO6. The molecule has 44 heavy (non-hydrogen) atoms. The predicted molar refractivity (Wildman–Crippen MR) is 172 cm³/mol. The van der Waals surface area contributed by atoms with Gasteiger partial charge in [0, 0.05) is 6.54 Å². The van der Waals surface area contributed by atoms with E-state index >= 15 is 0 Å². The molecule has 0 bridgehead atoms. The second-order valence-corrected chi connectivity index (χ2v) is 10.5. The van der Waals surface area contributed by atoms with Crippen LogP contribution in [0.3, 0.4) is 0 Å². The van der Waals surface area contributed by atoms with E-state index in [0.717, 1.165) is 58.8 Å². The number of carbonyl (C=O) groups is 1. The van der Waals surface area contributed by atoms with Gasteiger partial charge >= 0.3 is 5.97 Å². The summed E-state index contributed by atoms with van der Waals surface area (Å²) in [6, 6.07) is 30.5. The molecule has 0 amide bonds. The molecule has 7 nitrogen and oxygen atoms in total. The van der Waals surface area contributed by atoms with Crippen molar-refractivity contribution in [3.8, 4) is 23.0 Å².